The number of nitro groups is 1. The number of benzene rings is 2. The first-order chi connectivity index (χ1) is 12.9. The number of nitrogen functional groups attached to an aromatic ring is 1. The molecule has 2 N–H and O–H groups in total. The molecule has 0 aliphatic carbocycles. The van der Waals surface area contributed by atoms with Gasteiger partial charge in [-0.15, -0.1) is 0 Å². The number of fused-ring (bicyclic) bond motifs is 1. The smallest absolute Gasteiger partial charge is 0.338 e. The van der Waals surface area contributed by atoms with Gasteiger partial charge in [0.15, 0.2) is 0 Å². The van der Waals surface area contributed by atoms with E-state index in [1.165, 1.54) is 18.2 Å². The number of carbonyl (C=O) groups is 1. The predicted molar refractivity (Wildman–Crippen MR) is 98.5 cm³/mol. The monoisotopic (exact) mass is 368 g/mol. The number of hydrogen-bond acceptors (Lipinski definition) is 7. The molecule has 0 aliphatic rings. The lowest BCUT2D eigenvalue weighted by Crippen LogP contribution is -2.09. The zero-order valence-corrected chi connectivity index (χ0v) is 14.4. The summed E-state index contributed by atoms with van der Waals surface area (Å²) in [5.41, 5.74) is 6.46. The minimum absolute atomic E-state index is 0.00330. The Bertz CT molecular complexity index is 1100. The van der Waals surface area contributed by atoms with Crippen LogP contribution >= 0.6 is 0 Å². The Labute approximate surface area is 153 Å². The SMILES string of the molecule is CCc1ccc2c(COC(=O)c3ccc(N)c([N+](=O)[O-])c3)cc(=O)oc2c1. The summed E-state index contributed by atoms with van der Waals surface area (Å²) in [6.45, 7) is 1.81. The number of nitrogens with two attached hydrogens (primary N) is 1. The van der Waals surface area contributed by atoms with E-state index < -0.39 is 16.5 Å². The third-order valence-corrected chi connectivity index (χ3v) is 4.12. The summed E-state index contributed by atoms with van der Waals surface area (Å²) >= 11 is 0. The first kappa shape index (κ1) is 18.1. The standard InChI is InChI=1S/C19H16N2O6/c1-2-11-3-5-14-13(9-18(22)27-17(14)7-11)10-26-19(23)12-4-6-15(20)16(8-12)21(24)25/h3-9H,2,10,20H2,1H3. The zero-order valence-electron chi connectivity index (χ0n) is 14.4. The van der Waals surface area contributed by atoms with Crippen molar-refractivity contribution in [2.75, 3.05) is 5.73 Å². The van der Waals surface area contributed by atoms with Gasteiger partial charge >= 0.3 is 11.6 Å². The van der Waals surface area contributed by atoms with E-state index >= 15 is 0 Å². The van der Waals surface area contributed by atoms with Gasteiger partial charge in [0, 0.05) is 23.1 Å². The van der Waals surface area contributed by atoms with E-state index in [1.807, 2.05) is 13.0 Å². The van der Waals surface area contributed by atoms with Crippen molar-refractivity contribution in [2.45, 2.75) is 20.0 Å². The van der Waals surface area contributed by atoms with Crippen LogP contribution in [0.2, 0.25) is 0 Å². The highest BCUT2D eigenvalue weighted by molar-refractivity contribution is 5.91. The van der Waals surface area contributed by atoms with Gasteiger partial charge in [-0.05, 0) is 30.2 Å². The van der Waals surface area contributed by atoms with Crippen LogP contribution in [0.25, 0.3) is 11.0 Å². The molecule has 0 spiro atoms. The number of nitrogens with zero attached hydrogens (tertiary/aromatic N) is 1. The number of nitro benzene ring substituents is 1. The maximum Gasteiger partial charge on any atom is 0.338 e. The number of hydrogen-bond donors (Lipinski definition) is 1. The van der Waals surface area contributed by atoms with Crippen molar-refractivity contribution >= 4 is 28.3 Å². The third-order valence-electron chi connectivity index (χ3n) is 4.12. The van der Waals surface area contributed by atoms with E-state index in [2.05, 4.69) is 0 Å². The number of aryl methyl sites for hydroxylation is 1. The number of ether oxygens (including phenoxy) is 1. The van der Waals surface area contributed by atoms with Crippen molar-refractivity contribution in [2.24, 2.45) is 0 Å². The van der Waals surface area contributed by atoms with Crippen LogP contribution in [-0.4, -0.2) is 10.9 Å². The first-order valence-electron chi connectivity index (χ1n) is 8.15. The Kier molecular flexibility index (Phi) is 4.89. The number of rotatable bonds is 5. The Morgan fingerprint density at radius 2 is 2.00 bits per heavy atom. The molecule has 0 amide bonds. The lowest BCUT2D eigenvalue weighted by molar-refractivity contribution is -0.383. The molecule has 0 atom stereocenters. The van der Waals surface area contributed by atoms with Crippen molar-refractivity contribution in [1.82, 2.24) is 0 Å². The van der Waals surface area contributed by atoms with Crippen molar-refractivity contribution in [3.8, 4) is 0 Å². The van der Waals surface area contributed by atoms with Gasteiger partial charge in [0.25, 0.3) is 5.69 Å². The lowest BCUT2D eigenvalue weighted by Gasteiger charge is -2.08. The van der Waals surface area contributed by atoms with Crippen LogP contribution in [-0.2, 0) is 17.8 Å². The van der Waals surface area contributed by atoms with Crippen LogP contribution < -0.4 is 11.4 Å². The van der Waals surface area contributed by atoms with Gasteiger partial charge in [-0.1, -0.05) is 19.1 Å². The highest BCUT2D eigenvalue weighted by atomic mass is 16.6. The largest absolute Gasteiger partial charge is 0.457 e. The average Bonchev–Trinajstić information content (AvgIpc) is 2.65. The molecule has 0 saturated carbocycles. The van der Waals surface area contributed by atoms with Crippen LogP contribution in [0.4, 0.5) is 11.4 Å². The second kappa shape index (κ2) is 7.28. The van der Waals surface area contributed by atoms with Gasteiger partial charge in [0.05, 0.1) is 10.5 Å². The van der Waals surface area contributed by atoms with Crippen molar-refractivity contribution in [1.29, 1.82) is 0 Å². The summed E-state index contributed by atoms with van der Waals surface area (Å²) in [6.07, 6.45) is 0.786. The number of esters is 1. The van der Waals surface area contributed by atoms with Crippen LogP contribution in [0.3, 0.4) is 0 Å². The topological polar surface area (TPSA) is 126 Å². The summed E-state index contributed by atoms with van der Waals surface area (Å²) in [6, 6.07) is 10.4. The molecule has 27 heavy (non-hydrogen) atoms. The molecule has 0 saturated heterocycles. The summed E-state index contributed by atoms with van der Waals surface area (Å²) in [7, 11) is 0. The zero-order chi connectivity index (χ0) is 19.6. The molecule has 1 aromatic heterocycles. The Morgan fingerprint density at radius 1 is 1.22 bits per heavy atom. The normalized spacial score (nSPS) is 10.7. The molecule has 3 aromatic rings. The van der Waals surface area contributed by atoms with Crippen LogP contribution in [0, 0.1) is 10.1 Å². The molecule has 0 aliphatic heterocycles. The first-order valence-corrected chi connectivity index (χ1v) is 8.15. The molecule has 3 rings (SSSR count). The Morgan fingerprint density at radius 3 is 2.70 bits per heavy atom. The number of carbonyl (C=O) groups excluding carboxylic acids is 1. The summed E-state index contributed by atoms with van der Waals surface area (Å²) < 4.78 is 10.4. The van der Waals surface area contributed by atoms with Gasteiger partial charge in [-0.3, -0.25) is 10.1 Å². The van der Waals surface area contributed by atoms with Crippen molar-refractivity contribution < 1.29 is 18.9 Å². The minimum atomic E-state index is -0.760. The van der Waals surface area contributed by atoms with Crippen LogP contribution in [0.15, 0.2) is 51.7 Å². The summed E-state index contributed by atoms with van der Waals surface area (Å²) in [4.78, 5) is 34.3. The van der Waals surface area contributed by atoms with Gasteiger partial charge in [0.2, 0.25) is 0 Å². The van der Waals surface area contributed by atoms with Gasteiger partial charge in [-0.2, -0.15) is 0 Å². The molecule has 0 radical (unpaired) electrons. The average molecular weight is 368 g/mol. The van der Waals surface area contributed by atoms with E-state index in [4.69, 9.17) is 14.9 Å². The molecule has 138 valence electrons. The van der Waals surface area contributed by atoms with Gasteiger partial charge < -0.3 is 14.9 Å². The fourth-order valence-electron chi connectivity index (χ4n) is 2.67. The fourth-order valence-corrected chi connectivity index (χ4v) is 2.67. The maximum atomic E-state index is 12.2. The van der Waals surface area contributed by atoms with E-state index in [0.717, 1.165) is 18.1 Å². The molecular weight excluding hydrogens is 352 g/mol. The molecular formula is C19H16N2O6. The van der Waals surface area contributed by atoms with E-state index in [9.17, 15) is 19.7 Å². The Hall–Kier alpha value is -3.68. The maximum absolute atomic E-state index is 12.2. The second-order valence-corrected chi connectivity index (χ2v) is 5.88. The Balaban J connectivity index is 1.86. The van der Waals surface area contributed by atoms with Crippen LogP contribution in [0.1, 0.15) is 28.4 Å². The molecule has 8 heteroatoms. The second-order valence-electron chi connectivity index (χ2n) is 5.88. The lowest BCUT2D eigenvalue weighted by atomic mass is 10.1. The van der Waals surface area contributed by atoms with Gasteiger partial charge in [0.1, 0.15) is 17.9 Å². The molecule has 2 aromatic carbocycles. The van der Waals surface area contributed by atoms with Crippen molar-refractivity contribution in [3.63, 3.8) is 0 Å². The highest BCUT2D eigenvalue weighted by Gasteiger charge is 2.17. The van der Waals surface area contributed by atoms with Gasteiger partial charge in [-0.25, -0.2) is 9.59 Å². The summed E-state index contributed by atoms with van der Waals surface area (Å²) in [5, 5.41) is 11.6. The molecule has 1 heterocycles. The third kappa shape index (κ3) is 3.79. The van der Waals surface area contributed by atoms with E-state index in [1.54, 1.807) is 12.1 Å². The molecule has 0 bridgehead atoms. The van der Waals surface area contributed by atoms with Crippen LogP contribution in [0.5, 0.6) is 0 Å². The quantitative estimate of drug-likeness (QED) is 0.241. The fraction of sp³-hybridized carbons (Fsp3) is 0.158. The predicted octanol–water partition coefficient (Wildman–Crippen LogP) is 3.20. The van der Waals surface area contributed by atoms with Crippen molar-refractivity contribution in [3.05, 3.63) is 79.7 Å². The molecule has 0 unspecified atom stereocenters. The molecule has 8 nitrogen and oxygen atoms in total. The summed E-state index contributed by atoms with van der Waals surface area (Å²) in [5.74, 6) is -0.760. The van der Waals surface area contributed by atoms with E-state index in [-0.39, 0.29) is 23.5 Å². The highest BCUT2D eigenvalue weighted by Crippen LogP contribution is 2.24. The van der Waals surface area contributed by atoms with E-state index in [0.29, 0.717) is 16.5 Å². The molecule has 0 fully saturated rings. The number of anilines is 1. The minimum Gasteiger partial charge on any atom is -0.457 e.